The SMILES string of the molecule is Cc1cc(NC(=O)COC(=O)CN2C(=O)[C@@H]3[C@H]4C[C@@H]([C@H](Br)[C@H]4Br)[C@@H]3C2=O)c(C)cc1Br. The van der Waals surface area contributed by atoms with Gasteiger partial charge in [0.2, 0.25) is 11.8 Å². The van der Waals surface area contributed by atoms with Crippen LogP contribution in [0.2, 0.25) is 0 Å². The van der Waals surface area contributed by atoms with E-state index in [1.807, 2.05) is 26.0 Å². The van der Waals surface area contributed by atoms with Gasteiger partial charge in [-0.25, -0.2) is 0 Å². The third-order valence-corrected chi connectivity index (χ3v) is 10.6. The molecule has 3 fully saturated rings. The molecular formula is C21H21Br3N2O5. The summed E-state index contributed by atoms with van der Waals surface area (Å²) >= 11 is 10.7. The number of hydrogen-bond donors (Lipinski definition) is 1. The number of nitrogens with one attached hydrogen (secondary N) is 1. The van der Waals surface area contributed by atoms with Crippen molar-refractivity contribution in [1.82, 2.24) is 4.90 Å². The lowest BCUT2D eigenvalue weighted by Crippen LogP contribution is -2.38. The fourth-order valence-corrected chi connectivity index (χ4v) is 7.32. The molecule has 2 bridgehead atoms. The molecule has 4 rings (SSSR count). The lowest BCUT2D eigenvalue weighted by Gasteiger charge is -2.28. The van der Waals surface area contributed by atoms with Crippen LogP contribution in [0.15, 0.2) is 16.6 Å². The molecule has 1 heterocycles. The first-order chi connectivity index (χ1) is 14.6. The van der Waals surface area contributed by atoms with E-state index >= 15 is 0 Å². The number of rotatable bonds is 5. The molecule has 31 heavy (non-hydrogen) atoms. The number of alkyl halides is 2. The normalized spacial score (nSPS) is 31.2. The largest absolute Gasteiger partial charge is 0.454 e. The van der Waals surface area contributed by atoms with Gasteiger partial charge in [0.15, 0.2) is 6.61 Å². The molecule has 6 atom stereocenters. The number of aryl methyl sites for hydroxylation is 2. The van der Waals surface area contributed by atoms with Crippen LogP contribution in [0.25, 0.3) is 0 Å². The van der Waals surface area contributed by atoms with Gasteiger partial charge >= 0.3 is 5.97 Å². The lowest BCUT2D eigenvalue weighted by molar-refractivity contribution is -0.154. The number of benzene rings is 1. The lowest BCUT2D eigenvalue weighted by atomic mass is 9.81. The number of ether oxygens (including phenoxy) is 1. The maximum absolute atomic E-state index is 12.8. The minimum atomic E-state index is -0.779. The summed E-state index contributed by atoms with van der Waals surface area (Å²) in [6, 6.07) is 3.71. The van der Waals surface area contributed by atoms with Crippen LogP contribution < -0.4 is 5.32 Å². The number of halogens is 3. The zero-order valence-electron chi connectivity index (χ0n) is 16.9. The summed E-state index contributed by atoms with van der Waals surface area (Å²) in [4.78, 5) is 51.4. The Morgan fingerprint density at radius 3 is 2.23 bits per heavy atom. The number of esters is 1. The predicted octanol–water partition coefficient (Wildman–Crippen LogP) is 3.33. The Hall–Kier alpha value is -1.26. The van der Waals surface area contributed by atoms with Gasteiger partial charge in [0, 0.05) is 19.8 Å². The molecule has 3 amide bonds. The summed E-state index contributed by atoms with van der Waals surface area (Å²) < 4.78 is 5.97. The smallest absolute Gasteiger partial charge is 0.326 e. The van der Waals surface area contributed by atoms with Gasteiger partial charge in [-0.1, -0.05) is 47.8 Å². The number of carbonyl (C=O) groups excluding carboxylic acids is 4. The van der Waals surface area contributed by atoms with Crippen molar-refractivity contribution in [2.75, 3.05) is 18.5 Å². The van der Waals surface area contributed by atoms with Gasteiger partial charge in [-0.2, -0.15) is 0 Å². The van der Waals surface area contributed by atoms with Crippen LogP contribution in [0, 0.1) is 37.5 Å². The number of likely N-dealkylation sites (tertiary alicyclic amines) is 1. The van der Waals surface area contributed by atoms with Crippen LogP contribution >= 0.6 is 47.8 Å². The van der Waals surface area contributed by atoms with Crippen molar-refractivity contribution in [2.24, 2.45) is 23.7 Å². The molecule has 10 heteroatoms. The van der Waals surface area contributed by atoms with Crippen LogP contribution in [-0.2, 0) is 23.9 Å². The Bertz CT molecular complexity index is 952. The van der Waals surface area contributed by atoms with Crippen molar-refractivity contribution in [3.63, 3.8) is 0 Å². The number of anilines is 1. The average Bonchev–Trinajstić information content (AvgIpc) is 3.31. The first-order valence-corrected chi connectivity index (χ1v) is 12.6. The van der Waals surface area contributed by atoms with E-state index in [2.05, 4.69) is 53.1 Å². The highest BCUT2D eigenvalue weighted by Crippen LogP contribution is 2.60. The van der Waals surface area contributed by atoms with Crippen molar-refractivity contribution < 1.29 is 23.9 Å². The molecule has 3 aliphatic rings. The Morgan fingerprint density at radius 2 is 1.65 bits per heavy atom. The van der Waals surface area contributed by atoms with Gasteiger partial charge in [0.25, 0.3) is 5.91 Å². The van der Waals surface area contributed by atoms with Crippen molar-refractivity contribution >= 4 is 77.2 Å². The summed E-state index contributed by atoms with van der Waals surface area (Å²) in [5.74, 6) is -2.48. The average molecular weight is 621 g/mol. The van der Waals surface area contributed by atoms with E-state index in [0.717, 1.165) is 26.9 Å². The molecule has 166 valence electrons. The summed E-state index contributed by atoms with van der Waals surface area (Å²) in [6.07, 6.45) is 0.825. The zero-order valence-corrected chi connectivity index (χ0v) is 21.6. The molecule has 1 N–H and O–H groups in total. The third kappa shape index (κ3) is 3.99. The molecule has 1 aromatic carbocycles. The first kappa shape index (κ1) is 22.9. The Kier molecular flexibility index (Phi) is 6.35. The second kappa shape index (κ2) is 8.59. The molecule has 2 saturated carbocycles. The molecule has 0 spiro atoms. The van der Waals surface area contributed by atoms with E-state index in [9.17, 15) is 19.2 Å². The number of carbonyl (C=O) groups is 4. The van der Waals surface area contributed by atoms with Crippen LogP contribution in [-0.4, -0.2) is 51.4 Å². The number of imide groups is 1. The van der Waals surface area contributed by atoms with E-state index in [1.54, 1.807) is 0 Å². The van der Waals surface area contributed by atoms with Crippen LogP contribution in [0.3, 0.4) is 0 Å². The topological polar surface area (TPSA) is 92.8 Å². The molecule has 1 aromatic rings. The van der Waals surface area contributed by atoms with Crippen molar-refractivity contribution in [1.29, 1.82) is 0 Å². The fourth-order valence-electron chi connectivity index (χ4n) is 4.99. The van der Waals surface area contributed by atoms with Crippen molar-refractivity contribution in [3.05, 3.63) is 27.7 Å². The van der Waals surface area contributed by atoms with Crippen molar-refractivity contribution in [3.8, 4) is 0 Å². The Labute approximate surface area is 205 Å². The van der Waals surface area contributed by atoms with Gasteiger partial charge < -0.3 is 10.1 Å². The minimum Gasteiger partial charge on any atom is -0.454 e. The first-order valence-electron chi connectivity index (χ1n) is 9.95. The number of amides is 3. The second-order valence-electron chi connectivity index (χ2n) is 8.39. The molecule has 1 aliphatic heterocycles. The molecule has 2 aliphatic carbocycles. The Balaban J connectivity index is 1.33. The highest BCUT2D eigenvalue weighted by Gasteiger charge is 2.66. The van der Waals surface area contributed by atoms with E-state index in [1.165, 1.54) is 0 Å². The summed E-state index contributed by atoms with van der Waals surface area (Å²) in [7, 11) is 0. The van der Waals surface area contributed by atoms with E-state index in [4.69, 9.17) is 4.74 Å². The van der Waals surface area contributed by atoms with Crippen LogP contribution in [0.4, 0.5) is 5.69 Å². The third-order valence-electron chi connectivity index (χ3n) is 6.51. The Morgan fingerprint density at radius 1 is 1.06 bits per heavy atom. The number of fused-ring (bicyclic) bond motifs is 5. The van der Waals surface area contributed by atoms with Gasteiger partial charge in [0.1, 0.15) is 6.54 Å². The standard InChI is InChI=1S/C21H21Br3N2O5/c1-8-4-13(9(2)3-12(8)22)25-14(27)7-31-15(28)6-26-20(29)16-10-5-11(17(16)21(26)30)19(24)18(10)23/h3-4,10-11,16-19H,5-7H2,1-2H3,(H,25,27)/t10-,11-,16-,17+,18+,19+/m1/s1. The zero-order chi connectivity index (χ0) is 22.6. The van der Waals surface area contributed by atoms with Gasteiger partial charge in [-0.3, -0.25) is 24.1 Å². The second-order valence-corrected chi connectivity index (χ2v) is 11.4. The number of hydrogen-bond acceptors (Lipinski definition) is 5. The predicted molar refractivity (Wildman–Crippen MR) is 124 cm³/mol. The van der Waals surface area contributed by atoms with E-state index in [0.29, 0.717) is 5.69 Å². The maximum atomic E-state index is 12.8. The van der Waals surface area contributed by atoms with E-state index < -0.39 is 25.0 Å². The minimum absolute atomic E-state index is 0.0835. The van der Waals surface area contributed by atoms with Gasteiger partial charge in [0.05, 0.1) is 11.8 Å². The highest BCUT2D eigenvalue weighted by atomic mass is 79.9. The van der Waals surface area contributed by atoms with E-state index in [-0.39, 0.29) is 45.1 Å². The molecule has 0 unspecified atom stereocenters. The molecular weight excluding hydrogens is 600 g/mol. The maximum Gasteiger partial charge on any atom is 0.326 e. The highest BCUT2D eigenvalue weighted by molar-refractivity contribution is 9.12. The summed E-state index contributed by atoms with van der Waals surface area (Å²) in [5, 5.41) is 2.71. The monoisotopic (exact) mass is 618 g/mol. The summed E-state index contributed by atoms with van der Waals surface area (Å²) in [5.41, 5.74) is 2.45. The van der Waals surface area contributed by atoms with Crippen LogP contribution in [0.1, 0.15) is 17.5 Å². The molecule has 1 saturated heterocycles. The fraction of sp³-hybridized carbons (Fsp3) is 0.524. The van der Waals surface area contributed by atoms with Crippen molar-refractivity contribution in [2.45, 2.75) is 29.9 Å². The molecule has 0 aromatic heterocycles. The van der Waals surface area contributed by atoms with Gasteiger partial charge in [-0.15, -0.1) is 0 Å². The summed E-state index contributed by atoms with van der Waals surface area (Å²) in [6.45, 7) is 2.80. The molecule has 0 radical (unpaired) electrons. The van der Waals surface area contributed by atoms with Gasteiger partial charge in [-0.05, 0) is 55.4 Å². The number of nitrogens with zero attached hydrogens (tertiary/aromatic N) is 1. The van der Waals surface area contributed by atoms with Crippen LogP contribution in [0.5, 0.6) is 0 Å². The quantitative estimate of drug-likeness (QED) is 0.310. The molecule has 7 nitrogen and oxygen atoms in total.